The van der Waals surface area contributed by atoms with E-state index in [2.05, 4.69) is 0 Å². The van der Waals surface area contributed by atoms with Crippen LogP contribution >= 0.6 is 0 Å². The Bertz CT molecular complexity index is 1220. The first-order valence-corrected chi connectivity index (χ1v) is 13.5. The first-order chi connectivity index (χ1) is 15.7. The molecule has 0 spiro atoms. The van der Waals surface area contributed by atoms with Crippen molar-refractivity contribution in [3.63, 3.8) is 0 Å². The van der Waals surface area contributed by atoms with Crippen LogP contribution in [0.2, 0.25) is 0 Å². The number of Topliss-reactive ketones (excluding diaryl/α,β-unsaturated/α-hetero) is 2. The number of rotatable bonds is 6. The molecule has 0 bridgehead atoms. The summed E-state index contributed by atoms with van der Waals surface area (Å²) in [4.78, 5) is 24.2. The van der Waals surface area contributed by atoms with Gasteiger partial charge in [0.1, 0.15) is 0 Å². The van der Waals surface area contributed by atoms with E-state index in [-0.39, 0.29) is 24.0 Å². The number of halogens is 4. The molecular formula is C26H20F4O2Ti. The monoisotopic (exact) mass is 488 g/mol. The van der Waals surface area contributed by atoms with E-state index in [9.17, 15) is 9.59 Å². The Morgan fingerprint density at radius 1 is 0.697 bits per heavy atom. The molecule has 2 aliphatic carbocycles. The summed E-state index contributed by atoms with van der Waals surface area (Å²) >= 11 is -4.98. The van der Waals surface area contributed by atoms with Gasteiger partial charge in [0.15, 0.2) is 0 Å². The molecular weight excluding hydrogens is 468 g/mol. The van der Waals surface area contributed by atoms with Gasteiger partial charge in [0, 0.05) is 0 Å². The zero-order valence-corrected chi connectivity index (χ0v) is 19.6. The fourth-order valence-electron chi connectivity index (χ4n) is 4.76. The van der Waals surface area contributed by atoms with Crippen LogP contribution in [0.3, 0.4) is 0 Å². The summed E-state index contributed by atoms with van der Waals surface area (Å²) in [6, 6.07) is 4.05. The zero-order chi connectivity index (χ0) is 23.9. The first kappa shape index (κ1) is 23.3. The van der Waals surface area contributed by atoms with Crippen LogP contribution in [0.15, 0.2) is 68.5 Å². The third kappa shape index (κ3) is 3.62. The van der Waals surface area contributed by atoms with Crippen molar-refractivity contribution in [3.05, 3.63) is 103 Å². The minimum absolute atomic E-state index is 0.254. The molecule has 0 heterocycles. The quantitative estimate of drug-likeness (QED) is 0.308. The van der Waals surface area contributed by atoms with E-state index < -0.39 is 59.2 Å². The van der Waals surface area contributed by atoms with E-state index in [1.807, 2.05) is 0 Å². The Morgan fingerprint density at radius 2 is 1.09 bits per heavy atom. The van der Waals surface area contributed by atoms with Gasteiger partial charge in [-0.1, -0.05) is 0 Å². The van der Waals surface area contributed by atoms with Crippen LogP contribution in [-0.2, 0) is 16.6 Å². The number of hydrogen-bond donors (Lipinski definition) is 0. The summed E-state index contributed by atoms with van der Waals surface area (Å²) in [6.45, 7) is 2.30. The van der Waals surface area contributed by atoms with Gasteiger partial charge in [-0.3, -0.25) is 0 Å². The van der Waals surface area contributed by atoms with Crippen LogP contribution in [0, 0.1) is 23.3 Å². The molecule has 168 valence electrons. The molecule has 7 heteroatoms. The standard InChI is InChI=1S/2C8H5F2O.2C5H5.Ti/c2*1-5(11)7-3-2-6(9)4-8(7)10;2*1-2-4-5-3-1;/h2*2-3H,1H3;2*1-3H,4H2;. The second kappa shape index (κ2) is 8.84. The van der Waals surface area contributed by atoms with Gasteiger partial charge >= 0.3 is 193 Å². The molecule has 0 aliphatic heterocycles. The minimum atomic E-state index is -4.98. The van der Waals surface area contributed by atoms with E-state index in [0.29, 0.717) is 7.76 Å². The average Bonchev–Trinajstić information content (AvgIpc) is 3.46. The van der Waals surface area contributed by atoms with Crippen LogP contribution < -0.4 is 7.74 Å². The van der Waals surface area contributed by atoms with Crippen LogP contribution in [0.1, 0.15) is 47.4 Å². The maximum absolute atomic E-state index is 16.0. The van der Waals surface area contributed by atoms with E-state index >= 15 is 17.6 Å². The van der Waals surface area contributed by atoms with Crippen LogP contribution in [0.25, 0.3) is 0 Å². The molecule has 2 aromatic carbocycles. The third-order valence-corrected chi connectivity index (χ3v) is 14.1. The third-order valence-electron chi connectivity index (χ3n) is 6.20. The van der Waals surface area contributed by atoms with Crippen molar-refractivity contribution in [2.45, 2.75) is 26.7 Å². The fourth-order valence-corrected chi connectivity index (χ4v) is 13.0. The fraction of sp³-hybridized carbons (Fsp3) is 0.154. The molecule has 2 nitrogen and oxygen atoms in total. The molecule has 2 aliphatic rings. The van der Waals surface area contributed by atoms with Gasteiger partial charge in [-0.05, 0) is 0 Å². The van der Waals surface area contributed by atoms with Crippen molar-refractivity contribution in [2.24, 2.45) is 0 Å². The Hall–Kier alpha value is -2.83. The molecule has 0 radical (unpaired) electrons. The van der Waals surface area contributed by atoms with Crippen LogP contribution in [-0.4, -0.2) is 11.6 Å². The van der Waals surface area contributed by atoms with E-state index in [1.165, 1.54) is 0 Å². The zero-order valence-electron chi connectivity index (χ0n) is 18.0. The van der Waals surface area contributed by atoms with Crippen molar-refractivity contribution in [2.75, 3.05) is 0 Å². The number of carbonyl (C=O) groups excluding carboxylic acids is 2. The molecule has 33 heavy (non-hydrogen) atoms. The van der Waals surface area contributed by atoms with Gasteiger partial charge in [-0.2, -0.15) is 0 Å². The van der Waals surface area contributed by atoms with Crippen LogP contribution in [0.5, 0.6) is 0 Å². The van der Waals surface area contributed by atoms with Crippen molar-refractivity contribution in [1.82, 2.24) is 0 Å². The number of benzene rings is 2. The van der Waals surface area contributed by atoms with Crippen molar-refractivity contribution < 1.29 is 43.7 Å². The molecule has 0 saturated heterocycles. The number of carbonyl (C=O) groups is 2. The number of ketones is 2. The summed E-state index contributed by atoms with van der Waals surface area (Å²) < 4.78 is 63.3. The molecule has 0 atom stereocenters. The van der Waals surface area contributed by atoms with Crippen molar-refractivity contribution in [1.29, 1.82) is 0 Å². The van der Waals surface area contributed by atoms with Crippen molar-refractivity contribution >= 4 is 19.3 Å². The molecule has 0 aromatic heterocycles. The molecule has 0 saturated carbocycles. The van der Waals surface area contributed by atoms with Gasteiger partial charge in [0.25, 0.3) is 0 Å². The second-order valence-electron chi connectivity index (χ2n) is 8.08. The number of hydrogen-bond acceptors (Lipinski definition) is 2. The summed E-state index contributed by atoms with van der Waals surface area (Å²) in [5.41, 5.74) is -0.689. The Kier molecular flexibility index (Phi) is 6.25. The van der Waals surface area contributed by atoms with E-state index in [0.717, 1.165) is 38.1 Å². The molecule has 0 unspecified atom stereocenters. The van der Waals surface area contributed by atoms with Gasteiger partial charge < -0.3 is 0 Å². The van der Waals surface area contributed by atoms with Gasteiger partial charge in [-0.25, -0.2) is 0 Å². The Morgan fingerprint density at radius 3 is 1.39 bits per heavy atom. The summed E-state index contributed by atoms with van der Waals surface area (Å²) in [5.74, 6) is -5.39. The number of allylic oxidation sites excluding steroid dienone is 8. The van der Waals surface area contributed by atoms with Gasteiger partial charge in [0.05, 0.1) is 0 Å². The molecule has 0 fully saturated rings. The SMILES string of the molecule is CC(=O)c1ccc(F)[c]([Ti]([C]2=CC=CC2)([C]2=CC=CC2)[c]2c(F)ccc(C(C)=O)c2F)c1F. The topological polar surface area (TPSA) is 34.1 Å². The summed E-state index contributed by atoms with van der Waals surface area (Å²) in [6.07, 6.45) is 10.7. The molecule has 0 N–H and O–H groups in total. The second-order valence-corrected chi connectivity index (χ2v) is 14.0. The predicted molar refractivity (Wildman–Crippen MR) is 116 cm³/mol. The van der Waals surface area contributed by atoms with Gasteiger partial charge in [0.2, 0.25) is 0 Å². The molecule has 2 aromatic rings. The Labute approximate surface area is 192 Å². The van der Waals surface area contributed by atoms with E-state index in [1.54, 1.807) is 36.5 Å². The van der Waals surface area contributed by atoms with Crippen molar-refractivity contribution in [3.8, 4) is 0 Å². The van der Waals surface area contributed by atoms with Gasteiger partial charge in [-0.15, -0.1) is 0 Å². The van der Waals surface area contributed by atoms with Crippen LogP contribution in [0.4, 0.5) is 17.6 Å². The summed E-state index contributed by atoms with van der Waals surface area (Å²) in [7, 11) is 0. The maximum atomic E-state index is 16.0. The molecule has 4 rings (SSSR count). The average molecular weight is 488 g/mol. The summed E-state index contributed by atoms with van der Waals surface area (Å²) in [5, 5.41) is 0. The predicted octanol–water partition coefficient (Wildman–Crippen LogP) is 5.44. The normalized spacial score (nSPS) is 15.1. The first-order valence-electron chi connectivity index (χ1n) is 10.4. The Balaban J connectivity index is 2.25. The molecule has 0 amide bonds. The van der Waals surface area contributed by atoms with E-state index in [4.69, 9.17) is 0 Å².